The average molecular weight is 230 g/mol. The lowest BCUT2D eigenvalue weighted by molar-refractivity contribution is -0.116. The lowest BCUT2D eigenvalue weighted by atomic mass is 9.80. The Kier molecular flexibility index (Phi) is 3.35. The first-order valence-corrected chi connectivity index (χ1v) is 5.72. The van der Waals surface area contributed by atoms with Gasteiger partial charge in [-0.2, -0.15) is 4.79 Å². The minimum absolute atomic E-state index is 0.168. The second kappa shape index (κ2) is 4.93. The summed E-state index contributed by atoms with van der Waals surface area (Å²) in [4.78, 5) is 14.2. The molecule has 0 radical (unpaired) electrons. The third kappa shape index (κ3) is 2.60. The molecule has 0 fully saturated rings. The summed E-state index contributed by atoms with van der Waals surface area (Å²) < 4.78 is 0. The Morgan fingerprint density at radius 2 is 2.41 bits per heavy atom. The predicted octanol–water partition coefficient (Wildman–Crippen LogP) is 2.07. The van der Waals surface area contributed by atoms with Crippen LogP contribution in [-0.2, 0) is 11.2 Å². The van der Waals surface area contributed by atoms with Crippen molar-refractivity contribution < 1.29 is 14.7 Å². The first-order chi connectivity index (χ1) is 8.20. The van der Waals surface area contributed by atoms with Gasteiger partial charge in [0.05, 0.1) is 0 Å². The normalized spacial score (nSPS) is 18.0. The molecule has 1 aromatic carbocycles. The fraction of sp³-hybridized carbons (Fsp3) is 0.385. The number of phenols is 1. The molecule has 1 unspecified atom stereocenters. The fourth-order valence-electron chi connectivity index (χ4n) is 2.47. The van der Waals surface area contributed by atoms with Crippen LogP contribution in [0.5, 0.6) is 5.75 Å². The highest BCUT2D eigenvalue weighted by Gasteiger charge is 2.23. The molecule has 0 spiro atoms. The number of nitrogens with zero attached hydrogens (tertiary/aromatic N) is 2. The van der Waals surface area contributed by atoms with E-state index < -0.39 is 0 Å². The SMILES string of the molecule is [N-]=[N+]=CC(=O)CC1CCCc2cc(O)ccc21. The average Bonchev–Trinajstić information content (AvgIpc) is 2.29. The van der Waals surface area contributed by atoms with Gasteiger partial charge < -0.3 is 10.6 Å². The van der Waals surface area contributed by atoms with Gasteiger partial charge in [-0.15, -0.1) is 0 Å². The summed E-state index contributed by atoms with van der Waals surface area (Å²) in [5.41, 5.74) is 10.6. The van der Waals surface area contributed by atoms with Crippen molar-refractivity contribution in [2.24, 2.45) is 0 Å². The molecule has 1 aliphatic rings. The molecule has 4 nitrogen and oxygen atoms in total. The van der Waals surface area contributed by atoms with Gasteiger partial charge in [0, 0.05) is 6.42 Å². The van der Waals surface area contributed by atoms with Crippen LogP contribution in [0.15, 0.2) is 18.2 Å². The number of ketones is 1. The highest BCUT2D eigenvalue weighted by atomic mass is 16.3. The van der Waals surface area contributed by atoms with Gasteiger partial charge in [0.1, 0.15) is 5.75 Å². The van der Waals surface area contributed by atoms with Crippen molar-refractivity contribution in [3.8, 4) is 5.75 Å². The fourth-order valence-corrected chi connectivity index (χ4v) is 2.47. The van der Waals surface area contributed by atoms with Crippen LogP contribution >= 0.6 is 0 Å². The molecule has 88 valence electrons. The summed E-state index contributed by atoms with van der Waals surface area (Å²) in [7, 11) is 0. The van der Waals surface area contributed by atoms with Crippen LogP contribution in [-0.4, -0.2) is 21.9 Å². The standard InChI is InChI=1S/C13H14N2O2/c14-15-8-12(17)7-10-3-1-2-9-6-11(16)4-5-13(9)10/h4-6,8,10,16H,1-3,7H2. The van der Waals surface area contributed by atoms with E-state index in [0.717, 1.165) is 36.6 Å². The number of carbonyl (C=O) groups excluding carboxylic acids is 1. The third-order valence-electron chi connectivity index (χ3n) is 3.21. The monoisotopic (exact) mass is 230 g/mol. The molecule has 0 saturated heterocycles. The lowest BCUT2D eigenvalue weighted by Gasteiger charge is -2.24. The van der Waals surface area contributed by atoms with Crippen LogP contribution in [0.2, 0.25) is 0 Å². The van der Waals surface area contributed by atoms with Gasteiger partial charge in [0.15, 0.2) is 0 Å². The zero-order chi connectivity index (χ0) is 12.3. The van der Waals surface area contributed by atoms with Gasteiger partial charge in [-0.3, -0.25) is 4.79 Å². The molecule has 4 heteroatoms. The zero-order valence-corrected chi connectivity index (χ0v) is 9.47. The van der Waals surface area contributed by atoms with Crippen LogP contribution in [0.3, 0.4) is 0 Å². The first-order valence-electron chi connectivity index (χ1n) is 5.72. The van der Waals surface area contributed by atoms with E-state index in [0.29, 0.717) is 6.42 Å². The Morgan fingerprint density at radius 3 is 3.18 bits per heavy atom. The lowest BCUT2D eigenvalue weighted by Crippen LogP contribution is -2.14. The second-order valence-corrected chi connectivity index (χ2v) is 4.39. The molecule has 0 aliphatic heterocycles. The maximum Gasteiger partial charge on any atom is 0.323 e. The number of hydrogen-bond acceptors (Lipinski definition) is 2. The van der Waals surface area contributed by atoms with Crippen LogP contribution in [0.4, 0.5) is 0 Å². The van der Waals surface area contributed by atoms with Crippen LogP contribution in [0, 0.1) is 0 Å². The number of benzene rings is 1. The minimum atomic E-state index is -0.168. The number of carbonyl (C=O) groups is 1. The van der Waals surface area contributed by atoms with Crippen LogP contribution in [0.1, 0.15) is 36.3 Å². The molecule has 2 rings (SSSR count). The Hall–Kier alpha value is -1.93. The van der Waals surface area contributed by atoms with E-state index >= 15 is 0 Å². The number of fused-ring (bicyclic) bond motifs is 1. The van der Waals surface area contributed by atoms with E-state index in [1.807, 2.05) is 6.07 Å². The number of Topliss-reactive ketones (excluding diaryl/α,β-unsaturated/α-hetero) is 1. The van der Waals surface area contributed by atoms with Gasteiger partial charge in [-0.05, 0) is 48.4 Å². The number of hydrogen-bond donors (Lipinski definition) is 1. The number of phenolic OH excluding ortho intramolecular Hbond substituents is 1. The van der Waals surface area contributed by atoms with Gasteiger partial charge in [-0.25, -0.2) is 0 Å². The molecule has 1 atom stereocenters. The number of rotatable bonds is 3. The molecule has 17 heavy (non-hydrogen) atoms. The number of aryl methyl sites for hydroxylation is 1. The van der Waals surface area contributed by atoms with Gasteiger partial charge >= 0.3 is 6.21 Å². The maximum atomic E-state index is 11.4. The van der Waals surface area contributed by atoms with E-state index in [-0.39, 0.29) is 17.5 Å². The van der Waals surface area contributed by atoms with E-state index in [2.05, 4.69) is 4.79 Å². The Bertz CT molecular complexity index is 490. The van der Waals surface area contributed by atoms with Crippen molar-refractivity contribution in [2.45, 2.75) is 31.6 Å². The van der Waals surface area contributed by atoms with E-state index in [9.17, 15) is 9.90 Å². The molecule has 0 aromatic heterocycles. The van der Waals surface area contributed by atoms with Crippen molar-refractivity contribution in [2.75, 3.05) is 0 Å². The number of aromatic hydroxyl groups is 1. The summed E-state index contributed by atoms with van der Waals surface area (Å²) >= 11 is 0. The molecule has 0 saturated carbocycles. The van der Waals surface area contributed by atoms with Crippen molar-refractivity contribution in [1.82, 2.24) is 0 Å². The summed E-state index contributed by atoms with van der Waals surface area (Å²) in [5, 5.41) is 9.42. The van der Waals surface area contributed by atoms with E-state index in [4.69, 9.17) is 5.53 Å². The zero-order valence-electron chi connectivity index (χ0n) is 9.47. The topological polar surface area (TPSA) is 73.7 Å². The Labute approximate surface area is 99.5 Å². The predicted molar refractivity (Wildman–Crippen MR) is 63.1 cm³/mol. The first kappa shape index (κ1) is 11.6. The highest BCUT2D eigenvalue weighted by molar-refractivity contribution is 6.25. The smallest absolute Gasteiger partial charge is 0.323 e. The quantitative estimate of drug-likeness (QED) is 0.490. The molecule has 0 amide bonds. The van der Waals surface area contributed by atoms with Crippen molar-refractivity contribution >= 4 is 12.0 Å². The molecular weight excluding hydrogens is 216 g/mol. The minimum Gasteiger partial charge on any atom is -0.508 e. The van der Waals surface area contributed by atoms with Crippen molar-refractivity contribution in [3.05, 3.63) is 34.9 Å². The third-order valence-corrected chi connectivity index (χ3v) is 3.21. The highest BCUT2D eigenvalue weighted by Crippen LogP contribution is 2.35. The summed E-state index contributed by atoms with van der Waals surface area (Å²) in [6.45, 7) is 0. The molecular formula is C13H14N2O2. The Balaban J connectivity index is 2.22. The molecule has 0 bridgehead atoms. The van der Waals surface area contributed by atoms with Gasteiger partial charge in [0.2, 0.25) is 5.78 Å². The molecule has 1 aliphatic carbocycles. The van der Waals surface area contributed by atoms with Crippen LogP contribution < -0.4 is 0 Å². The van der Waals surface area contributed by atoms with Gasteiger partial charge in [0.25, 0.3) is 0 Å². The molecule has 0 heterocycles. The van der Waals surface area contributed by atoms with Gasteiger partial charge in [-0.1, -0.05) is 6.07 Å². The second-order valence-electron chi connectivity index (χ2n) is 4.39. The van der Waals surface area contributed by atoms with E-state index in [1.54, 1.807) is 12.1 Å². The molecule has 1 N–H and O–H groups in total. The summed E-state index contributed by atoms with van der Waals surface area (Å²) in [6, 6.07) is 5.31. The summed E-state index contributed by atoms with van der Waals surface area (Å²) in [5.74, 6) is 0.274. The van der Waals surface area contributed by atoms with E-state index in [1.165, 1.54) is 0 Å². The van der Waals surface area contributed by atoms with Crippen molar-refractivity contribution in [3.63, 3.8) is 0 Å². The summed E-state index contributed by atoms with van der Waals surface area (Å²) in [6.07, 6.45) is 4.24. The largest absolute Gasteiger partial charge is 0.508 e. The molecule has 1 aromatic rings. The van der Waals surface area contributed by atoms with Crippen LogP contribution in [0.25, 0.3) is 5.53 Å². The van der Waals surface area contributed by atoms with Crippen molar-refractivity contribution in [1.29, 1.82) is 0 Å². The Morgan fingerprint density at radius 1 is 1.59 bits per heavy atom. The maximum absolute atomic E-state index is 11.4.